The van der Waals surface area contributed by atoms with Crippen molar-refractivity contribution in [3.63, 3.8) is 0 Å². The number of anilines is 1. The van der Waals surface area contributed by atoms with E-state index in [0.717, 1.165) is 28.4 Å². The number of benzene rings is 1. The van der Waals surface area contributed by atoms with E-state index in [9.17, 15) is 9.90 Å². The molecular formula is C17H21N5O3S. The van der Waals surface area contributed by atoms with Crippen LogP contribution in [-0.2, 0) is 0 Å². The van der Waals surface area contributed by atoms with E-state index in [2.05, 4.69) is 35.0 Å². The zero-order chi connectivity index (χ0) is 18.8. The standard InChI is InChI=1S/C17H21N5O3S/c1-9(2)8-25-14-6-5-12(7-13(14)22-11(4)19-20-21-22)16-18-10(3)15(26-16)17(23)24/h5-7,9,20-21H,8H2,1-4H3,(H,23,24). The Labute approximate surface area is 155 Å². The largest absolute Gasteiger partial charge is 0.491 e. The fraction of sp³-hybridized carbons (Fsp3) is 0.353. The molecule has 0 saturated heterocycles. The lowest BCUT2D eigenvalue weighted by Gasteiger charge is -2.22. The van der Waals surface area contributed by atoms with E-state index in [0.29, 0.717) is 29.0 Å². The van der Waals surface area contributed by atoms with E-state index in [1.807, 2.05) is 25.1 Å². The quantitative estimate of drug-likeness (QED) is 0.714. The van der Waals surface area contributed by atoms with Gasteiger partial charge in [0.05, 0.1) is 12.3 Å². The van der Waals surface area contributed by atoms with Gasteiger partial charge in [-0.1, -0.05) is 13.8 Å². The van der Waals surface area contributed by atoms with Crippen LogP contribution >= 0.6 is 11.3 Å². The number of ether oxygens (including phenoxy) is 1. The summed E-state index contributed by atoms with van der Waals surface area (Å²) in [7, 11) is 0. The van der Waals surface area contributed by atoms with Crippen LogP contribution in [0.5, 0.6) is 5.75 Å². The average Bonchev–Trinajstić information content (AvgIpc) is 3.18. The Balaban J connectivity index is 2.01. The summed E-state index contributed by atoms with van der Waals surface area (Å²) in [5, 5.41) is 15.8. The first-order chi connectivity index (χ1) is 12.4. The number of amidine groups is 1. The van der Waals surface area contributed by atoms with Gasteiger partial charge in [-0.25, -0.2) is 20.3 Å². The molecular weight excluding hydrogens is 354 g/mol. The highest BCUT2D eigenvalue weighted by Gasteiger charge is 2.22. The number of rotatable bonds is 6. The molecule has 0 bridgehead atoms. The Kier molecular flexibility index (Phi) is 5.10. The molecule has 0 spiro atoms. The number of nitrogens with one attached hydrogen (secondary N) is 2. The van der Waals surface area contributed by atoms with Crippen molar-refractivity contribution in [2.75, 3.05) is 11.6 Å². The van der Waals surface area contributed by atoms with Crippen LogP contribution in [0.15, 0.2) is 23.3 Å². The third kappa shape index (κ3) is 3.63. The summed E-state index contributed by atoms with van der Waals surface area (Å²) in [6.07, 6.45) is 0. The number of hydrazone groups is 1. The fourth-order valence-electron chi connectivity index (χ4n) is 2.44. The molecule has 8 nitrogen and oxygen atoms in total. The number of carboxylic acid groups (broad SMARTS) is 1. The van der Waals surface area contributed by atoms with Crippen molar-refractivity contribution in [2.24, 2.45) is 11.0 Å². The van der Waals surface area contributed by atoms with E-state index in [1.54, 1.807) is 11.9 Å². The molecule has 1 aromatic heterocycles. The lowest BCUT2D eigenvalue weighted by Crippen LogP contribution is -2.40. The van der Waals surface area contributed by atoms with Crippen molar-refractivity contribution >= 4 is 28.8 Å². The molecule has 0 radical (unpaired) electrons. The van der Waals surface area contributed by atoms with Gasteiger partial charge in [-0.2, -0.15) is 0 Å². The van der Waals surface area contributed by atoms with E-state index in [-0.39, 0.29) is 4.88 Å². The number of aromatic nitrogens is 1. The second-order valence-corrected chi connectivity index (χ2v) is 7.34. The van der Waals surface area contributed by atoms with Crippen LogP contribution in [0, 0.1) is 12.8 Å². The van der Waals surface area contributed by atoms with Gasteiger partial charge in [-0.05, 0) is 38.0 Å². The van der Waals surface area contributed by atoms with Gasteiger partial charge in [-0.3, -0.25) is 0 Å². The molecule has 138 valence electrons. The first kappa shape index (κ1) is 18.2. The third-order valence-electron chi connectivity index (χ3n) is 3.71. The topological polar surface area (TPSA) is 99.1 Å². The molecule has 26 heavy (non-hydrogen) atoms. The highest BCUT2D eigenvalue weighted by Crippen LogP contribution is 2.36. The van der Waals surface area contributed by atoms with Crippen molar-refractivity contribution < 1.29 is 14.6 Å². The lowest BCUT2D eigenvalue weighted by molar-refractivity contribution is 0.0701. The zero-order valence-electron chi connectivity index (χ0n) is 15.0. The maximum atomic E-state index is 11.3. The van der Waals surface area contributed by atoms with Crippen LogP contribution in [0.4, 0.5) is 5.69 Å². The lowest BCUT2D eigenvalue weighted by atomic mass is 10.1. The summed E-state index contributed by atoms with van der Waals surface area (Å²) in [5.41, 5.74) is 7.78. The molecule has 0 amide bonds. The number of nitrogens with zero attached hydrogens (tertiary/aromatic N) is 3. The molecule has 3 rings (SSSR count). The van der Waals surface area contributed by atoms with Gasteiger partial charge in [-0.15, -0.1) is 22.0 Å². The van der Waals surface area contributed by atoms with Crippen LogP contribution in [-0.4, -0.2) is 28.5 Å². The maximum absolute atomic E-state index is 11.3. The molecule has 2 heterocycles. The second kappa shape index (κ2) is 7.30. The van der Waals surface area contributed by atoms with Crippen LogP contribution in [0.1, 0.15) is 36.1 Å². The summed E-state index contributed by atoms with van der Waals surface area (Å²) in [6.45, 7) is 8.32. The Hall–Kier alpha value is -2.65. The van der Waals surface area contributed by atoms with E-state index >= 15 is 0 Å². The molecule has 3 N–H and O–H groups in total. The van der Waals surface area contributed by atoms with E-state index in [1.165, 1.54) is 0 Å². The van der Waals surface area contributed by atoms with Crippen molar-refractivity contribution in [1.82, 2.24) is 16.1 Å². The van der Waals surface area contributed by atoms with Crippen molar-refractivity contribution in [2.45, 2.75) is 27.7 Å². The molecule has 1 aromatic carbocycles. The Morgan fingerprint density at radius 1 is 1.38 bits per heavy atom. The molecule has 1 aliphatic rings. The number of aryl methyl sites for hydroxylation is 1. The molecule has 0 fully saturated rings. The van der Waals surface area contributed by atoms with Gasteiger partial charge < -0.3 is 9.84 Å². The maximum Gasteiger partial charge on any atom is 0.347 e. The van der Waals surface area contributed by atoms with Crippen molar-refractivity contribution in [3.05, 3.63) is 28.8 Å². The molecule has 9 heteroatoms. The monoisotopic (exact) mass is 375 g/mol. The first-order valence-electron chi connectivity index (χ1n) is 8.20. The predicted molar refractivity (Wildman–Crippen MR) is 101 cm³/mol. The third-order valence-corrected chi connectivity index (χ3v) is 4.91. The highest BCUT2D eigenvalue weighted by molar-refractivity contribution is 7.17. The Bertz CT molecular complexity index is 862. The van der Waals surface area contributed by atoms with Gasteiger partial charge in [0, 0.05) is 5.56 Å². The summed E-state index contributed by atoms with van der Waals surface area (Å²) in [4.78, 5) is 16.0. The number of aromatic carboxylic acids is 1. The Morgan fingerprint density at radius 2 is 2.15 bits per heavy atom. The summed E-state index contributed by atoms with van der Waals surface area (Å²) < 4.78 is 5.94. The van der Waals surface area contributed by atoms with Gasteiger partial charge in [0.25, 0.3) is 0 Å². The zero-order valence-corrected chi connectivity index (χ0v) is 15.8. The van der Waals surface area contributed by atoms with E-state index in [4.69, 9.17) is 4.74 Å². The molecule has 0 aliphatic carbocycles. The highest BCUT2D eigenvalue weighted by atomic mass is 32.1. The predicted octanol–water partition coefficient (Wildman–Crippen LogP) is 3.01. The molecule has 0 saturated carbocycles. The smallest absolute Gasteiger partial charge is 0.347 e. The van der Waals surface area contributed by atoms with Gasteiger partial charge in [0.1, 0.15) is 27.2 Å². The number of thiazole rings is 1. The number of hydrogen-bond donors (Lipinski definition) is 3. The first-order valence-corrected chi connectivity index (χ1v) is 9.01. The van der Waals surface area contributed by atoms with Gasteiger partial charge in [0.15, 0.2) is 0 Å². The van der Waals surface area contributed by atoms with Gasteiger partial charge in [0.2, 0.25) is 0 Å². The van der Waals surface area contributed by atoms with Crippen LogP contribution in [0.2, 0.25) is 0 Å². The van der Waals surface area contributed by atoms with Crippen molar-refractivity contribution in [1.29, 1.82) is 0 Å². The summed E-state index contributed by atoms with van der Waals surface area (Å²) in [6, 6.07) is 5.68. The minimum absolute atomic E-state index is 0.250. The summed E-state index contributed by atoms with van der Waals surface area (Å²) in [5.74, 6) is 0.872. The van der Waals surface area contributed by atoms with Crippen LogP contribution in [0.3, 0.4) is 0 Å². The normalized spacial score (nSPS) is 13.7. The summed E-state index contributed by atoms with van der Waals surface area (Å²) >= 11 is 1.16. The molecule has 0 atom stereocenters. The minimum Gasteiger partial charge on any atom is -0.491 e. The van der Waals surface area contributed by atoms with Gasteiger partial charge >= 0.3 is 5.97 Å². The number of hydrazine groups is 2. The van der Waals surface area contributed by atoms with E-state index < -0.39 is 5.97 Å². The average molecular weight is 375 g/mol. The van der Waals surface area contributed by atoms with Crippen molar-refractivity contribution in [3.8, 4) is 16.3 Å². The Morgan fingerprint density at radius 3 is 2.73 bits per heavy atom. The molecule has 2 aromatic rings. The minimum atomic E-state index is -0.961. The second-order valence-electron chi connectivity index (χ2n) is 6.34. The fourth-order valence-corrected chi connectivity index (χ4v) is 3.34. The van der Waals surface area contributed by atoms with Crippen LogP contribution in [0.25, 0.3) is 10.6 Å². The SMILES string of the molecule is CC1=NNNN1c1cc(-c2nc(C)c(C(=O)O)s2)ccc1OCC(C)C. The molecule has 1 aliphatic heterocycles. The number of carbonyl (C=O) groups is 1. The van der Waals surface area contributed by atoms with Crippen LogP contribution < -0.4 is 20.8 Å². The number of hydrogen-bond acceptors (Lipinski definition) is 8. The number of carboxylic acids is 1. The molecule has 0 unspecified atom stereocenters.